The summed E-state index contributed by atoms with van der Waals surface area (Å²) in [4.78, 5) is 11.8. The fourth-order valence-electron chi connectivity index (χ4n) is 2.55. The Kier molecular flexibility index (Phi) is 5.96. The van der Waals surface area contributed by atoms with E-state index < -0.39 is 17.8 Å². The fourth-order valence-corrected chi connectivity index (χ4v) is 2.55. The van der Waals surface area contributed by atoms with E-state index in [1.165, 1.54) is 16.9 Å². The summed E-state index contributed by atoms with van der Waals surface area (Å²) in [6.07, 6.45) is -4.99. The summed E-state index contributed by atoms with van der Waals surface area (Å²) < 4.78 is 38.1. The van der Waals surface area contributed by atoms with Gasteiger partial charge in [-0.2, -0.15) is 18.0 Å². The molecule has 11 heteroatoms. The average Bonchev–Trinajstić information content (AvgIpc) is 3.14. The lowest BCUT2D eigenvalue weighted by Crippen LogP contribution is -2.23. The maximum Gasteiger partial charge on any atom is 0.416 e. The molecule has 0 aliphatic rings. The highest BCUT2D eigenvalue weighted by Gasteiger charge is 2.29. The van der Waals surface area contributed by atoms with Crippen LogP contribution in [0.5, 0.6) is 0 Å². The van der Waals surface area contributed by atoms with Crippen molar-refractivity contribution in [2.45, 2.75) is 19.1 Å². The lowest BCUT2D eigenvalue weighted by molar-refractivity contribution is -0.137. The molecule has 0 saturated carbocycles. The van der Waals surface area contributed by atoms with Crippen LogP contribution in [0.4, 0.5) is 29.3 Å². The lowest BCUT2D eigenvalue weighted by atomic mass is 10.1. The second-order valence-electron chi connectivity index (χ2n) is 6.04. The predicted octanol–water partition coefficient (Wildman–Crippen LogP) is 3.76. The first-order valence-corrected chi connectivity index (χ1v) is 8.61. The highest BCUT2D eigenvalue weighted by atomic mass is 19.4. The number of anilines is 2. The molecule has 2 aromatic carbocycles. The Labute approximate surface area is 163 Å². The average molecular weight is 406 g/mol. The first-order chi connectivity index (χ1) is 13.8. The van der Waals surface area contributed by atoms with Crippen LogP contribution in [0.15, 0.2) is 48.5 Å². The molecule has 3 N–H and O–H groups in total. The number of carbonyl (C=O) groups is 1. The number of benzene rings is 2. The van der Waals surface area contributed by atoms with Crippen molar-refractivity contribution >= 4 is 17.5 Å². The Morgan fingerprint density at radius 1 is 1.10 bits per heavy atom. The Morgan fingerprint density at radius 2 is 1.83 bits per heavy atom. The lowest BCUT2D eigenvalue weighted by Gasteiger charge is -2.11. The van der Waals surface area contributed by atoms with E-state index in [2.05, 4.69) is 26.0 Å². The van der Waals surface area contributed by atoms with Crippen LogP contribution in [-0.2, 0) is 12.7 Å². The third kappa shape index (κ3) is 5.43. The number of para-hydroxylation sites is 1. The van der Waals surface area contributed by atoms with E-state index in [4.69, 9.17) is 5.11 Å². The molecule has 152 valence electrons. The number of aryl methyl sites for hydroxylation is 1. The normalized spacial score (nSPS) is 11.3. The summed E-state index contributed by atoms with van der Waals surface area (Å²) >= 11 is 0. The van der Waals surface area contributed by atoms with Crippen molar-refractivity contribution in [1.82, 2.24) is 25.5 Å². The molecule has 8 nitrogen and oxygen atoms in total. The van der Waals surface area contributed by atoms with Crippen LogP contribution in [0.25, 0.3) is 11.4 Å². The van der Waals surface area contributed by atoms with E-state index in [0.717, 1.165) is 12.1 Å². The number of carboxylic acid groups (broad SMARTS) is 1. The molecule has 0 atom stereocenters. The number of rotatable bonds is 7. The monoisotopic (exact) mass is 406 g/mol. The van der Waals surface area contributed by atoms with Gasteiger partial charge in [-0.3, -0.25) is 0 Å². The molecule has 0 saturated heterocycles. The molecule has 3 aromatic rings. The number of hydrogen-bond donors (Lipinski definition) is 3. The van der Waals surface area contributed by atoms with E-state index in [0.29, 0.717) is 35.7 Å². The van der Waals surface area contributed by atoms with Gasteiger partial charge in [0.15, 0.2) is 0 Å². The van der Waals surface area contributed by atoms with Crippen molar-refractivity contribution < 1.29 is 23.1 Å². The molecule has 0 radical (unpaired) electrons. The van der Waals surface area contributed by atoms with Gasteiger partial charge in [-0.25, -0.2) is 4.79 Å². The van der Waals surface area contributed by atoms with Crippen molar-refractivity contribution in [2.75, 3.05) is 11.9 Å². The molecule has 1 aromatic heterocycles. The minimum absolute atomic E-state index is 0.262. The van der Waals surface area contributed by atoms with Crippen molar-refractivity contribution in [3.63, 3.8) is 0 Å². The SMILES string of the molecule is O=C(O)NCCCn1nnc(-c2ccccc2Nc2ccc(C(F)(F)F)cc2)n1. The van der Waals surface area contributed by atoms with Crippen LogP contribution in [-0.4, -0.2) is 38.0 Å². The topological polar surface area (TPSA) is 105 Å². The standard InChI is InChI=1S/C18H17F3N6O2/c19-18(20,21)12-6-8-13(9-7-12)23-15-5-2-1-4-14(15)16-24-26-27(25-16)11-3-10-22-17(28)29/h1-2,4-9,22-23H,3,10-11H2,(H,28,29). The third-order valence-electron chi connectivity index (χ3n) is 3.92. The second kappa shape index (κ2) is 8.59. The number of nitrogens with one attached hydrogen (secondary N) is 2. The van der Waals surface area contributed by atoms with E-state index in [-0.39, 0.29) is 6.54 Å². The van der Waals surface area contributed by atoms with Crippen molar-refractivity contribution in [3.8, 4) is 11.4 Å². The van der Waals surface area contributed by atoms with Crippen LogP contribution in [0, 0.1) is 0 Å². The first-order valence-electron chi connectivity index (χ1n) is 8.61. The summed E-state index contributed by atoms with van der Waals surface area (Å²) in [6.45, 7) is 0.639. The number of aromatic nitrogens is 4. The Balaban J connectivity index is 1.72. The van der Waals surface area contributed by atoms with Gasteiger partial charge in [0.2, 0.25) is 5.82 Å². The zero-order chi connectivity index (χ0) is 20.9. The summed E-state index contributed by atoms with van der Waals surface area (Å²) in [6, 6.07) is 11.8. The van der Waals surface area contributed by atoms with Gasteiger partial charge in [-0.15, -0.1) is 10.2 Å². The van der Waals surface area contributed by atoms with Gasteiger partial charge in [0.25, 0.3) is 0 Å². The molecule has 0 aliphatic carbocycles. The first kappa shape index (κ1) is 20.1. The van der Waals surface area contributed by atoms with Crippen molar-refractivity contribution in [3.05, 3.63) is 54.1 Å². The number of amides is 1. The van der Waals surface area contributed by atoms with Crippen LogP contribution >= 0.6 is 0 Å². The molecule has 29 heavy (non-hydrogen) atoms. The molecule has 0 spiro atoms. The van der Waals surface area contributed by atoms with Crippen LogP contribution in [0.3, 0.4) is 0 Å². The van der Waals surface area contributed by atoms with E-state index >= 15 is 0 Å². The van der Waals surface area contributed by atoms with Gasteiger partial charge in [0.1, 0.15) is 0 Å². The smallest absolute Gasteiger partial charge is 0.416 e. The fraction of sp³-hybridized carbons (Fsp3) is 0.222. The predicted molar refractivity (Wildman–Crippen MR) is 98.6 cm³/mol. The molecule has 3 rings (SSSR count). The number of hydrogen-bond acceptors (Lipinski definition) is 5. The maximum atomic E-state index is 12.7. The number of halogens is 3. The largest absolute Gasteiger partial charge is 0.465 e. The van der Waals surface area contributed by atoms with Gasteiger partial charge in [0.05, 0.1) is 12.1 Å². The summed E-state index contributed by atoms with van der Waals surface area (Å²) in [5.74, 6) is 0.339. The zero-order valence-electron chi connectivity index (χ0n) is 15.0. The van der Waals surface area contributed by atoms with E-state index in [9.17, 15) is 18.0 Å². The molecule has 0 bridgehead atoms. The van der Waals surface area contributed by atoms with E-state index in [1.54, 1.807) is 24.3 Å². The summed E-state index contributed by atoms with van der Waals surface area (Å²) in [7, 11) is 0. The molecule has 0 aliphatic heterocycles. The van der Waals surface area contributed by atoms with E-state index in [1.807, 2.05) is 0 Å². The highest BCUT2D eigenvalue weighted by molar-refractivity contribution is 5.77. The second-order valence-corrected chi connectivity index (χ2v) is 6.04. The van der Waals surface area contributed by atoms with Gasteiger partial charge < -0.3 is 15.7 Å². The van der Waals surface area contributed by atoms with Gasteiger partial charge in [-0.1, -0.05) is 12.1 Å². The van der Waals surface area contributed by atoms with Crippen LogP contribution in [0.2, 0.25) is 0 Å². The molecule has 1 amide bonds. The minimum Gasteiger partial charge on any atom is -0.465 e. The Hall–Kier alpha value is -3.63. The van der Waals surface area contributed by atoms with Crippen LogP contribution in [0.1, 0.15) is 12.0 Å². The molecule has 0 fully saturated rings. The molecular weight excluding hydrogens is 389 g/mol. The van der Waals surface area contributed by atoms with Gasteiger partial charge in [0, 0.05) is 23.5 Å². The maximum absolute atomic E-state index is 12.7. The third-order valence-corrected chi connectivity index (χ3v) is 3.92. The summed E-state index contributed by atoms with van der Waals surface area (Å²) in [5.41, 5.74) is 0.998. The minimum atomic E-state index is -4.39. The number of nitrogens with zero attached hydrogens (tertiary/aromatic N) is 4. The highest BCUT2D eigenvalue weighted by Crippen LogP contribution is 2.32. The number of alkyl halides is 3. The Bertz CT molecular complexity index is 972. The van der Waals surface area contributed by atoms with Crippen molar-refractivity contribution in [2.24, 2.45) is 0 Å². The van der Waals surface area contributed by atoms with Gasteiger partial charge in [-0.05, 0) is 48.0 Å². The Morgan fingerprint density at radius 3 is 2.52 bits per heavy atom. The van der Waals surface area contributed by atoms with Crippen molar-refractivity contribution in [1.29, 1.82) is 0 Å². The van der Waals surface area contributed by atoms with Crippen LogP contribution < -0.4 is 10.6 Å². The molecule has 0 unspecified atom stereocenters. The number of tetrazole rings is 1. The summed E-state index contributed by atoms with van der Waals surface area (Å²) in [5, 5.41) is 26.1. The quantitative estimate of drug-likeness (QED) is 0.516. The molecule has 1 heterocycles. The molecular formula is C18H17F3N6O2. The van der Waals surface area contributed by atoms with Gasteiger partial charge >= 0.3 is 12.3 Å². The zero-order valence-corrected chi connectivity index (χ0v) is 15.0.